The quantitative estimate of drug-likeness (QED) is 0.800. The third-order valence-corrected chi connectivity index (χ3v) is 2.54. The highest BCUT2D eigenvalue weighted by Gasteiger charge is 2.25. The minimum absolute atomic E-state index is 0.122. The maximum Gasteiger partial charge on any atom is 0.148 e. The van der Waals surface area contributed by atoms with Gasteiger partial charge in [0.15, 0.2) is 0 Å². The highest BCUT2D eigenvalue weighted by Crippen LogP contribution is 2.30. The van der Waals surface area contributed by atoms with Crippen LogP contribution in [0.5, 0.6) is 5.75 Å². The molecule has 1 atom stereocenters. The zero-order valence-corrected chi connectivity index (χ0v) is 8.42. The Morgan fingerprint density at radius 3 is 2.93 bits per heavy atom. The van der Waals surface area contributed by atoms with Crippen LogP contribution in [-0.2, 0) is 4.79 Å². The van der Waals surface area contributed by atoms with Crippen LogP contribution in [0.4, 0.5) is 4.39 Å². The third-order valence-electron chi connectivity index (χ3n) is 2.54. The van der Waals surface area contributed by atoms with Gasteiger partial charge in [0.25, 0.3) is 0 Å². The Morgan fingerprint density at radius 1 is 1.53 bits per heavy atom. The Hall–Kier alpha value is -1.42. The summed E-state index contributed by atoms with van der Waals surface area (Å²) in [6, 6.07) is 4.21. The lowest BCUT2D eigenvalue weighted by Crippen LogP contribution is -2.14. The van der Waals surface area contributed by atoms with E-state index in [2.05, 4.69) is 5.32 Å². The molecule has 1 aliphatic heterocycles. The zero-order valence-electron chi connectivity index (χ0n) is 8.42. The van der Waals surface area contributed by atoms with Gasteiger partial charge in [0, 0.05) is 18.0 Å². The molecule has 1 N–H and O–H groups in total. The number of ketones is 1. The van der Waals surface area contributed by atoms with Crippen molar-refractivity contribution in [3.8, 4) is 5.75 Å². The van der Waals surface area contributed by atoms with Crippen molar-refractivity contribution in [2.45, 2.75) is 12.5 Å². The molecule has 1 fully saturated rings. The molecule has 1 aromatic rings. The van der Waals surface area contributed by atoms with Crippen molar-refractivity contribution in [3.63, 3.8) is 0 Å². The molecular weight excluding hydrogens is 197 g/mol. The average molecular weight is 209 g/mol. The van der Waals surface area contributed by atoms with Gasteiger partial charge in [-0.3, -0.25) is 4.79 Å². The molecule has 1 aromatic carbocycles. The van der Waals surface area contributed by atoms with Crippen LogP contribution in [-0.4, -0.2) is 19.4 Å². The summed E-state index contributed by atoms with van der Waals surface area (Å²) < 4.78 is 18.2. The summed E-state index contributed by atoms with van der Waals surface area (Å²) in [5, 5.41) is 3.03. The molecule has 1 saturated heterocycles. The van der Waals surface area contributed by atoms with Gasteiger partial charge in [-0.2, -0.15) is 0 Å². The molecule has 0 bridgehead atoms. The summed E-state index contributed by atoms with van der Waals surface area (Å²) in [6.07, 6.45) is 0.403. The van der Waals surface area contributed by atoms with Crippen molar-refractivity contribution in [1.82, 2.24) is 5.32 Å². The van der Waals surface area contributed by atoms with E-state index in [0.717, 1.165) is 0 Å². The van der Waals surface area contributed by atoms with Crippen LogP contribution in [0.25, 0.3) is 0 Å². The second-order valence-electron chi connectivity index (χ2n) is 3.56. The number of benzene rings is 1. The second-order valence-corrected chi connectivity index (χ2v) is 3.56. The number of Topliss-reactive ketones (excluding diaryl/α,β-unsaturated/α-hetero) is 1. The molecule has 1 unspecified atom stereocenters. The molecule has 0 radical (unpaired) electrons. The van der Waals surface area contributed by atoms with E-state index in [4.69, 9.17) is 4.74 Å². The topological polar surface area (TPSA) is 38.3 Å². The van der Waals surface area contributed by atoms with Gasteiger partial charge in [-0.05, 0) is 18.2 Å². The summed E-state index contributed by atoms with van der Waals surface area (Å²) in [7, 11) is 1.54. The van der Waals surface area contributed by atoms with Crippen LogP contribution in [0.15, 0.2) is 18.2 Å². The van der Waals surface area contributed by atoms with Gasteiger partial charge in [-0.25, -0.2) is 4.39 Å². The second kappa shape index (κ2) is 3.98. The highest BCUT2D eigenvalue weighted by atomic mass is 19.1. The molecule has 1 aliphatic rings. The van der Waals surface area contributed by atoms with Crippen molar-refractivity contribution in [2.75, 3.05) is 13.7 Å². The number of halogens is 1. The Kier molecular flexibility index (Phi) is 2.68. The Morgan fingerprint density at radius 2 is 2.33 bits per heavy atom. The van der Waals surface area contributed by atoms with Gasteiger partial charge in [-0.1, -0.05) is 0 Å². The number of ether oxygens (including phenoxy) is 1. The zero-order chi connectivity index (χ0) is 10.8. The monoisotopic (exact) mass is 209 g/mol. The number of carbonyl (C=O) groups excluding carboxylic acids is 1. The molecule has 15 heavy (non-hydrogen) atoms. The van der Waals surface area contributed by atoms with Crippen molar-refractivity contribution < 1.29 is 13.9 Å². The van der Waals surface area contributed by atoms with Crippen molar-refractivity contribution >= 4 is 5.78 Å². The van der Waals surface area contributed by atoms with Crippen molar-refractivity contribution in [3.05, 3.63) is 29.6 Å². The van der Waals surface area contributed by atoms with Crippen LogP contribution in [0.1, 0.15) is 18.0 Å². The molecule has 0 aromatic heterocycles. The van der Waals surface area contributed by atoms with E-state index in [9.17, 15) is 9.18 Å². The van der Waals surface area contributed by atoms with E-state index >= 15 is 0 Å². The first kappa shape index (κ1) is 10.1. The van der Waals surface area contributed by atoms with Gasteiger partial charge in [0.05, 0.1) is 13.7 Å². The largest absolute Gasteiger partial charge is 0.496 e. The Bertz CT molecular complexity index is 392. The minimum Gasteiger partial charge on any atom is -0.496 e. The molecule has 0 amide bonds. The van der Waals surface area contributed by atoms with Crippen LogP contribution in [0, 0.1) is 5.82 Å². The fourth-order valence-corrected chi connectivity index (χ4v) is 1.81. The predicted octanol–water partition coefficient (Wildman–Crippen LogP) is 1.44. The lowest BCUT2D eigenvalue weighted by Gasteiger charge is -2.14. The smallest absolute Gasteiger partial charge is 0.148 e. The van der Waals surface area contributed by atoms with Gasteiger partial charge < -0.3 is 10.1 Å². The van der Waals surface area contributed by atoms with E-state index in [1.54, 1.807) is 6.07 Å². The van der Waals surface area contributed by atoms with Crippen molar-refractivity contribution in [1.29, 1.82) is 0 Å². The van der Waals surface area contributed by atoms with E-state index < -0.39 is 0 Å². The molecular formula is C11H12FNO2. The van der Waals surface area contributed by atoms with E-state index in [1.165, 1.54) is 19.2 Å². The number of methoxy groups -OCH3 is 1. The summed E-state index contributed by atoms with van der Waals surface area (Å²) in [6.45, 7) is 0.352. The number of hydrogen-bond acceptors (Lipinski definition) is 3. The number of rotatable bonds is 2. The van der Waals surface area contributed by atoms with Gasteiger partial charge >= 0.3 is 0 Å². The number of carbonyl (C=O) groups is 1. The summed E-state index contributed by atoms with van der Waals surface area (Å²) >= 11 is 0. The van der Waals surface area contributed by atoms with E-state index in [-0.39, 0.29) is 17.6 Å². The standard InChI is InChI=1S/C11H12FNO2/c1-15-11-3-2-7(12)4-9(11)10-5-8(14)6-13-10/h2-4,10,13H,5-6H2,1H3. The van der Waals surface area contributed by atoms with Crippen LogP contribution in [0.2, 0.25) is 0 Å². The summed E-state index contributed by atoms with van der Waals surface area (Å²) in [5.74, 6) is 0.446. The first-order chi connectivity index (χ1) is 7.20. The molecule has 2 rings (SSSR count). The van der Waals surface area contributed by atoms with Crippen LogP contribution in [0.3, 0.4) is 0 Å². The minimum atomic E-state index is -0.313. The molecule has 3 nitrogen and oxygen atoms in total. The highest BCUT2D eigenvalue weighted by molar-refractivity contribution is 5.83. The van der Waals surface area contributed by atoms with Crippen molar-refractivity contribution in [2.24, 2.45) is 0 Å². The average Bonchev–Trinajstić information content (AvgIpc) is 2.65. The molecule has 1 heterocycles. The molecule has 0 saturated carbocycles. The Balaban J connectivity index is 2.33. The van der Waals surface area contributed by atoms with Gasteiger partial charge in [0.1, 0.15) is 17.3 Å². The number of nitrogens with one attached hydrogen (secondary N) is 1. The fraction of sp³-hybridized carbons (Fsp3) is 0.364. The summed E-state index contributed by atoms with van der Waals surface area (Å²) in [5.41, 5.74) is 0.711. The maximum atomic E-state index is 13.1. The van der Waals surface area contributed by atoms with E-state index in [0.29, 0.717) is 24.3 Å². The lowest BCUT2D eigenvalue weighted by atomic mass is 10.0. The summed E-state index contributed by atoms with van der Waals surface area (Å²) in [4.78, 5) is 11.1. The predicted molar refractivity (Wildman–Crippen MR) is 53.3 cm³/mol. The van der Waals surface area contributed by atoms with Gasteiger partial charge in [0.2, 0.25) is 0 Å². The normalized spacial score (nSPS) is 20.7. The molecule has 4 heteroatoms. The fourth-order valence-electron chi connectivity index (χ4n) is 1.81. The van der Waals surface area contributed by atoms with Crippen LogP contribution < -0.4 is 10.1 Å². The molecule has 0 aliphatic carbocycles. The first-order valence-corrected chi connectivity index (χ1v) is 4.79. The van der Waals surface area contributed by atoms with E-state index in [1.807, 2.05) is 0 Å². The maximum absolute atomic E-state index is 13.1. The molecule has 80 valence electrons. The third kappa shape index (κ3) is 1.99. The Labute approximate surface area is 87.2 Å². The lowest BCUT2D eigenvalue weighted by molar-refractivity contribution is -0.116. The molecule has 0 spiro atoms. The first-order valence-electron chi connectivity index (χ1n) is 4.79. The van der Waals surface area contributed by atoms with Gasteiger partial charge in [-0.15, -0.1) is 0 Å². The van der Waals surface area contributed by atoms with Crippen LogP contribution >= 0.6 is 0 Å². The number of hydrogen-bond donors (Lipinski definition) is 1. The SMILES string of the molecule is COc1ccc(F)cc1C1CC(=O)CN1.